The highest BCUT2D eigenvalue weighted by atomic mass is 16.5. The van der Waals surface area contributed by atoms with Gasteiger partial charge in [-0.3, -0.25) is 4.79 Å². The normalized spacial score (nSPS) is 11.2. The second-order valence-electron chi connectivity index (χ2n) is 5.37. The van der Waals surface area contributed by atoms with Crippen LogP contribution in [0, 0.1) is 6.92 Å². The highest BCUT2D eigenvalue weighted by Crippen LogP contribution is 2.27. The van der Waals surface area contributed by atoms with Crippen LogP contribution in [0.1, 0.15) is 18.2 Å². The number of aromatic amines is 1. The fourth-order valence-corrected chi connectivity index (χ4v) is 2.52. The Morgan fingerprint density at radius 1 is 1.33 bits per heavy atom. The van der Waals surface area contributed by atoms with Gasteiger partial charge in [0.2, 0.25) is 11.8 Å². The largest absolute Gasteiger partial charge is 0.478 e. The van der Waals surface area contributed by atoms with Crippen LogP contribution < -0.4 is 10.5 Å². The summed E-state index contributed by atoms with van der Waals surface area (Å²) in [5, 5.41) is 0.914. The number of carbonyl (C=O) groups is 1. The Bertz CT molecular complexity index is 928. The molecule has 3 aromatic rings. The van der Waals surface area contributed by atoms with Gasteiger partial charge in [-0.15, -0.1) is 0 Å². The van der Waals surface area contributed by atoms with Crippen LogP contribution in [0.4, 0.5) is 0 Å². The van der Waals surface area contributed by atoms with Crippen LogP contribution in [0.3, 0.4) is 0 Å². The van der Waals surface area contributed by atoms with E-state index in [1.165, 1.54) is 6.08 Å². The van der Waals surface area contributed by atoms with Crippen LogP contribution in [0.5, 0.6) is 5.88 Å². The number of nitrogens with zero attached hydrogens (tertiary/aromatic N) is 2. The molecule has 0 spiro atoms. The Kier molecular flexibility index (Phi) is 4.29. The van der Waals surface area contributed by atoms with E-state index in [-0.39, 0.29) is 0 Å². The number of aromatic nitrogens is 3. The molecule has 0 aliphatic heterocycles. The Balaban J connectivity index is 2.07. The molecule has 3 aromatic heterocycles. The van der Waals surface area contributed by atoms with Gasteiger partial charge in [-0.05, 0) is 37.6 Å². The zero-order chi connectivity index (χ0) is 17.1. The van der Waals surface area contributed by atoms with Crippen molar-refractivity contribution in [2.24, 2.45) is 5.73 Å². The molecular formula is C18H18N4O2. The van der Waals surface area contributed by atoms with E-state index in [0.717, 1.165) is 33.4 Å². The van der Waals surface area contributed by atoms with Gasteiger partial charge < -0.3 is 15.5 Å². The van der Waals surface area contributed by atoms with Crippen molar-refractivity contribution < 1.29 is 9.53 Å². The monoisotopic (exact) mass is 322 g/mol. The van der Waals surface area contributed by atoms with Gasteiger partial charge in [0, 0.05) is 46.7 Å². The summed E-state index contributed by atoms with van der Waals surface area (Å²) in [6, 6.07) is 5.89. The number of pyridine rings is 2. The first-order valence-corrected chi connectivity index (χ1v) is 7.63. The number of amides is 1. The Morgan fingerprint density at radius 2 is 2.17 bits per heavy atom. The molecule has 6 heteroatoms. The maximum atomic E-state index is 10.9. The summed E-state index contributed by atoms with van der Waals surface area (Å²) in [5.41, 5.74) is 9.57. The van der Waals surface area contributed by atoms with E-state index in [2.05, 4.69) is 15.0 Å². The first-order chi connectivity index (χ1) is 11.6. The molecule has 0 fully saturated rings. The molecule has 0 saturated heterocycles. The van der Waals surface area contributed by atoms with E-state index >= 15 is 0 Å². The van der Waals surface area contributed by atoms with Crippen LogP contribution in [-0.2, 0) is 4.79 Å². The molecule has 0 aliphatic carbocycles. The quantitative estimate of drug-likeness (QED) is 0.706. The number of ether oxygens (including phenoxy) is 1. The fourth-order valence-electron chi connectivity index (χ4n) is 2.52. The average molecular weight is 322 g/mol. The standard InChI is InChI=1S/C18H18N4O2/c1-3-24-17-8-13(6-11(2)22-17)14-7-15-12(4-5-16(19)23)9-20-18(15)21-10-14/h4-10H,3H2,1-2H3,(H2,19,23)(H,20,21)/b5-4+. The van der Waals surface area contributed by atoms with Gasteiger partial charge in [-0.1, -0.05) is 0 Å². The molecular weight excluding hydrogens is 304 g/mol. The number of aryl methyl sites for hydroxylation is 1. The number of nitrogens with one attached hydrogen (secondary N) is 1. The van der Waals surface area contributed by atoms with E-state index in [0.29, 0.717) is 12.5 Å². The molecule has 122 valence electrons. The highest BCUT2D eigenvalue weighted by molar-refractivity contribution is 5.95. The Labute approximate surface area is 139 Å². The van der Waals surface area contributed by atoms with E-state index in [1.54, 1.807) is 18.5 Å². The predicted molar refractivity (Wildman–Crippen MR) is 93.5 cm³/mol. The number of fused-ring (bicyclic) bond motifs is 1. The lowest BCUT2D eigenvalue weighted by Gasteiger charge is -2.07. The molecule has 0 atom stereocenters. The molecule has 6 nitrogen and oxygen atoms in total. The summed E-state index contributed by atoms with van der Waals surface area (Å²) in [6.45, 7) is 4.41. The van der Waals surface area contributed by atoms with Gasteiger partial charge in [-0.2, -0.15) is 0 Å². The number of hydrogen-bond donors (Lipinski definition) is 2. The number of nitrogens with two attached hydrogens (primary N) is 1. The van der Waals surface area contributed by atoms with Crippen LogP contribution in [0.15, 0.2) is 36.7 Å². The van der Waals surface area contributed by atoms with Crippen molar-refractivity contribution in [1.29, 1.82) is 0 Å². The zero-order valence-electron chi connectivity index (χ0n) is 13.5. The second kappa shape index (κ2) is 6.54. The summed E-state index contributed by atoms with van der Waals surface area (Å²) in [6.07, 6.45) is 6.60. The SMILES string of the molecule is CCOc1cc(-c2cnc3[nH]cc(/C=C/C(N)=O)c3c2)cc(C)n1. The molecule has 3 rings (SSSR count). The molecule has 0 radical (unpaired) electrons. The third-order valence-corrected chi connectivity index (χ3v) is 3.55. The van der Waals surface area contributed by atoms with Crippen LogP contribution >= 0.6 is 0 Å². The lowest BCUT2D eigenvalue weighted by molar-refractivity contribution is -0.113. The zero-order valence-corrected chi connectivity index (χ0v) is 13.5. The first kappa shape index (κ1) is 15.7. The minimum absolute atomic E-state index is 0.487. The van der Waals surface area contributed by atoms with Gasteiger partial charge in [0.25, 0.3) is 0 Å². The highest BCUT2D eigenvalue weighted by Gasteiger charge is 2.08. The van der Waals surface area contributed by atoms with E-state index < -0.39 is 5.91 Å². The van der Waals surface area contributed by atoms with Crippen LogP contribution in [0.2, 0.25) is 0 Å². The minimum atomic E-state index is -0.487. The lowest BCUT2D eigenvalue weighted by atomic mass is 10.1. The molecule has 0 aliphatic rings. The molecule has 3 N–H and O–H groups in total. The molecule has 0 bridgehead atoms. The summed E-state index contributed by atoms with van der Waals surface area (Å²) in [5.74, 6) is 0.107. The summed E-state index contributed by atoms with van der Waals surface area (Å²) < 4.78 is 5.51. The third kappa shape index (κ3) is 3.27. The van der Waals surface area contributed by atoms with Crippen molar-refractivity contribution in [3.63, 3.8) is 0 Å². The van der Waals surface area contributed by atoms with Crippen molar-refractivity contribution in [2.45, 2.75) is 13.8 Å². The Morgan fingerprint density at radius 3 is 2.92 bits per heavy atom. The minimum Gasteiger partial charge on any atom is -0.478 e. The molecule has 3 heterocycles. The summed E-state index contributed by atoms with van der Waals surface area (Å²) in [7, 11) is 0. The predicted octanol–water partition coefficient (Wildman–Crippen LogP) is 2.83. The number of primary amides is 1. The smallest absolute Gasteiger partial charge is 0.241 e. The number of H-pyrrole nitrogens is 1. The van der Waals surface area contributed by atoms with Crippen molar-refractivity contribution in [3.05, 3.63) is 47.9 Å². The second-order valence-corrected chi connectivity index (χ2v) is 5.37. The number of hydrogen-bond acceptors (Lipinski definition) is 4. The molecule has 1 amide bonds. The Hall–Kier alpha value is -3.15. The van der Waals surface area contributed by atoms with Gasteiger partial charge in [0.15, 0.2) is 0 Å². The first-order valence-electron chi connectivity index (χ1n) is 7.63. The van der Waals surface area contributed by atoms with E-state index in [1.807, 2.05) is 32.0 Å². The van der Waals surface area contributed by atoms with Crippen LogP contribution in [-0.4, -0.2) is 27.5 Å². The van der Waals surface area contributed by atoms with Crippen molar-refractivity contribution in [3.8, 4) is 17.0 Å². The average Bonchev–Trinajstić information content (AvgIpc) is 2.95. The van der Waals surface area contributed by atoms with E-state index in [4.69, 9.17) is 10.5 Å². The van der Waals surface area contributed by atoms with Crippen LogP contribution in [0.25, 0.3) is 28.2 Å². The van der Waals surface area contributed by atoms with Gasteiger partial charge in [-0.25, -0.2) is 9.97 Å². The van der Waals surface area contributed by atoms with Gasteiger partial charge in [0.05, 0.1) is 6.61 Å². The topological polar surface area (TPSA) is 93.9 Å². The van der Waals surface area contributed by atoms with Crippen molar-refractivity contribution in [1.82, 2.24) is 15.0 Å². The van der Waals surface area contributed by atoms with E-state index in [9.17, 15) is 4.79 Å². The molecule has 24 heavy (non-hydrogen) atoms. The lowest BCUT2D eigenvalue weighted by Crippen LogP contribution is -2.04. The third-order valence-electron chi connectivity index (χ3n) is 3.55. The maximum absolute atomic E-state index is 10.9. The fraction of sp³-hybridized carbons (Fsp3) is 0.167. The molecule has 0 unspecified atom stereocenters. The van der Waals surface area contributed by atoms with Crippen molar-refractivity contribution >= 4 is 23.0 Å². The van der Waals surface area contributed by atoms with Gasteiger partial charge in [0.1, 0.15) is 5.65 Å². The molecule has 0 saturated carbocycles. The van der Waals surface area contributed by atoms with Gasteiger partial charge >= 0.3 is 0 Å². The summed E-state index contributed by atoms with van der Waals surface area (Å²) in [4.78, 5) is 22.8. The van der Waals surface area contributed by atoms with Crippen molar-refractivity contribution in [2.75, 3.05) is 6.61 Å². The molecule has 0 aromatic carbocycles. The number of carbonyl (C=O) groups excluding carboxylic acids is 1. The number of rotatable bonds is 5. The summed E-state index contributed by atoms with van der Waals surface area (Å²) >= 11 is 0. The maximum Gasteiger partial charge on any atom is 0.241 e.